The van der Waals surface area contributed by atoms with Crippen molar-refractivity contribution >= 4 is 0 Å². The van der Waals surface area contributed by atoms with E-state index in [1.165, 1.54) is 0 Å². The second-order valence-corrected chi connectivity index (χ2v) is 3.01. The van der Waals surface area contributed by atoms with Crippen molar-refractivity contribution in [2.75, 3.05) is 0 Å². The molecule has 0 spiro atoms. The minimum atomic E-state index is -0.280. The van der Waals surface area contributed by atoms with Crippen LogP contribution in [-0.2, 0) is 12.5 Å². The molecular weight excluding hydrogens is 138 g/mol. The molecule has 58 valence electrons. The first kappa shape index (κ1) is 7.80. The van der Waals surface area contributed by atoms with E-state index in [1.807, 2.05) is 20.9 Å². The van der Waals surface area contributed by atoms with Crippen molar-refractivity contribution in [3.63, 3.8) is 0 Å². The number of aromatic nitrogens is 3. The Morgan fingerprint density at radius 2 is 2.27 bits per heavy atom. The lowest BCUT2D eigenvalue weighted by atomic mass is 9.91. The molecule has 0 aliphatic heterocycles. The summed E-state index contributed by atoms with van der Waals surface area (Å²) in [5.74, 6) is 2.68. The summed E-state index contributed by atoms with van der Waals surface area (Å²) in [5, 5.41) is 7.56. The third-order valence-corrected chi connectivity index (χ3v) is 1.72. The molecule has 0 atom stereocenters. The molecule has 1 rings (SSSR count). The molecule has 0 saturated heterocycles. The highest BCUT2D eigenvalue weighted by atomic mass is 15.4. The molecule has 11 heavy (non-hydrogen) atoms. The fraction of sp³-hybridized carbons (Fsp3) is 0.500. The maximum atomic E-state index is 5.35. The minimum absolute atomic E-state index is 0.280. The van der Waals surface area contributed by atoms with Crippen LogP contribution >= 0.6 is 0 Å². The van der Waals surface area contributed by atoms with Crippen molar-refractivity contribution in [1.29, 1.82) is 0 Å². The molecule has 3 heteroatoms. The van der Waals surface area contributed by atoms with Crippen LogP contribution in [0.3, 0.4) is 0 Å². The van der Waals surface area contributed by atoms with Crippen molar-refractivity contribution in [2.24, 2.45) is 7.05 Å². The summed E-state index contributed by atoms with van der Waals surface area (Å²) in [6.45, 7) is 3.93. The zero-order valence-corrected chi connectivity index (χ0v) is 7.00. The zero-order valence-electron chi connectivity index (χ0n) is 7.00. The molecule has 1 aromatic rings. The van der Waals surface area contributed by atoms with Gasteiger partial charge in [0.15, 0.2) is 0 Å². The highest BCUT2D eigenvalue weighted by Gasteiger charge is 2.20. The molecule has 0 aliphatic carbocycles. The van der Waals surface area contributed by atoms with Crippen molar-refractivity contribution in [3.8, 4) is 12.3 Å². The highest BCUT2D eigenvalue weighted by Crippen LogP contribution is 2.19. The Balaban J connectivity index is 3.13. The van der Waals surface area contributed by atoms with Crippen LogP contribution in [-0.4, -0.2) is 15.0 Å². The number of terminal acetylenes is 1. The van der Waals surface area contributed by atoms with E-state index < -0.39 is 0 Å². The summed E-state index contributed by atoms with van der Waals surface area (Å²) in [4.78, 5) is 0. The van der Waals surface area contributed by atoms with Crippen LogP contribution in [0.4, 0.5) is 0 Å². The predicted octanol–water partition coefficient (Wildman–Crippen LogP) is 0.726. The fourth-order valence-electron chi connectivity index (χ4n) is 0.930. The first-order valence-electron chi connectivity index (χ1n) is 3.41. The molecule has 0 saturated carbocycles. The van der Waals surface area contributed by atoms with E-state index in [0.717, 1.165) is 5.69 Å². The summed E-state index contributed by atoms with van der Waals surface area (Å²) in [6.07, 6.45) is 7.04. The lowest BCUT2D eigenvalue weighted by Gasteiger charge is -2.15. The number of hydrogen-bond donors (Lipinski definition) is 0. The number of hydrogen-bond acceptors (Lipinski definition) is 2. The molecule has 0 unspecified atom stereocenters. The number of rotatable bonds is 1. The SMILES string of the molecule is C#CC(C)(C)c1cnnn1C. The van der Waals surface area contributed by atoms with E-state index in [1.54, 1.807) is 10.9 Å². The second kappa shape index (κ2) is 2.39. The molecular formula is C8H11N3. The maximum absolute atomic E-state index is 5.35. The van der Waals surface area contributed by atoms with Crippen LogP contribution in [0.1, 0.15) is 19.5 Å². The minimum Gasteiger partial charge on any atom is -0.251 e. The molecule has 0 aromatic carbocycles. The normalized spacial score (nSPS) is 11.1. The maximum Gasteiger partial charge on any atom is 0.0759 e. The average molecular weight is 149 g/mol. The Labute approximate surface area is 66.4 Å². The van der Waals surface area contributed by atoms with Gasteiger partial charge in [0.05, 0.1) is 17.3 Å². The second-order valence-electron chi connectivity index (χ2n) is 3.01. The molecule has 0 N–H and O–H groups in total. The van der Waals surface area contributed by atoms with E-state index in [9.17, 15) is 0 Å². The third-order valence-electron chi connectivity index (χ3n) is 1.72. The van der Waals surface area contributed by atoms with Crippen molar-refractivity contribution in [2.45, 2.75) is 19.3 Å². The summed E-state index contributed by atoms with van der Waals surface area (Å²) in [7, 11) is 1.83. The topological polar surface area (TPSA) is 30.7 Å². The van der Waals surface area contributed by atoms with Gasteiger partial charge in [-0.1, -0.05) is 11.1 Å². The van der Waals surface area contributed by atoms with E-state index in [-0.39, 0.29) is 5.41 Å². The van der Waals surface area contributed by atoms with Crippen LogP contribution in [0.25, 0.3) is 0 Å². The summed E-state index contributed by atoms with van der Waals surface area (Å²) in [6, 6.07) is 0. The molecule has 0 radical (unpaired) electrons. The molecule has 0 amide bonds. The number of nitrogens with zero attached hydrogens (tertiary/aromatic N) is 3. The van der Waals surface area contributed by atoms with Crippen LogP contribution < -0.4 is 0 Å². The summed E-state index contributed by atoms with van der Waals surface area (Å²) >= 11 is 0. The van der Waals surface area contributed by atoms with Crippen LogP contribution in [0.5, 0.6) is 0 Å². The molecule has 0 bridgehead atoms. The first-order valence-corrected chi connectivity index (χ1v) is 3.41. The van der Waals surface area contributed by atoms with Gasteiger partial charge in [0.2, 0.25) is 0 Å². The molecule has 1 aromatic heterocycles. The smallest absolute Gasteiger partial charge is 0.0759 e. The van der Waals surface area contributed by atoms with E-state index in [2.05, 4.69) is 16.2 Å². The van der Waals surface area contributed by atoms with Crippen LogP contribution in [0, 0.1) is 12.3 Å². The zero-order chi connectivity index (χ0) is 8.48. The Hall–Kier alpha value is -1.30. The predicted molar refractivity (Wildman–Crippen MR) is 42.9 cm³/mol. The third kappa shape index (κ3) is 1.25. The lowest BCUT2D eigenvalue weighted by Crippen LogP contribution is -2.18. The van der Waals surface area contributed by atoms with Crippen LogP contribution in [0.15, 0.2) is 6.20 Å². The van der Waals surface area contributed by atoms with Gasteiger partial charge in [0.25, 0.3) is 0 Å². The molecule has 3 nitrogen and oxygen atoms in total. The monoisotopic (exact) mass is 149 g/mol. The van der Waals surface area contributed by atoms with Gasteiger partial charge < -0.3 is 0 Å². The molecule has 0 aliphatic rings. The Morgan fingerprint density at radius 3 is 2.64 bits per heavy atom. The van der Waals surface area contributed by atoms with Gasteiger partial charge in [-0.2, -0.15) is 0 Å². The Bertz CT molecular complexity index is 291. The first-order chi connectivity index (χ1) is 5.08. The van der Waals surface area contributed by atoms with Gasteiger partial charge in [-0.3, -0.25) is 4.68 Å². The van der Waals surface area contributed by atoms with E-state index in [0.29, 0.717) is 0 Å². The van der Waals surface area contributed by atoms with E-state index in [4.69, 9.17) is 6.42 Å². The summed E-state index contributed by atoms with van der Waals surface area (Å²) < 4.78 is 1.69. The molecule has 0 fully saturated rings. The standard InChI is InChI=1S/C8H11N3/c1-5-8(2,3)7-6-9-10-11(7)4/h1,6H,2-4H3. The van der Waals surface area contributed by atoms with Crippen molar-refractivity contribution in [3.05, 3.63) is 11.9 Å². The van der Waals surface area contributed by atoms with Gasteiger partial charge in [-0.25, -0.2) is 0 Å². The van der Waals surface area contributed by atoms with Crippen molar-refractivity contribution < 1.29 is 0 Å². The summed E-state index contributed by atoms with van der Waals surface area (Å²) in [5.41, 5.74) is 0.679. The van der Waals surface area contributed by atoms with Gasteiger partial charge in [0.1, 0.15) is 0 Å². The van der Waals surface area contributed by atoms with E-state index >= 15 is 0 Å². The van der Waals surface area contributed by atoms with Gasteiger partial charge in [-0.15, -0.1) is 11.5 Å². The van der Waals surface area contributed by atoms with Gasteiger partial charge in [-0.05, 0) is 13.8 Å². The Kier molecular flexibility index (Phi) is 1.69. The van der Waals surface area contributed by atoms with Crippen LogP contribution in [0.2, 0.25) is 0 Å². The Morgan fingerprint density at radius 1 is 1.64 bits per heavy atom. The fourth-order valence-corrected chi connectivity index (χ4v) is 0.930. The van der Waals surface area contributed by atoms with Gasteiger partial charge in [0, 0.05) is 7.05 Å². The lowest BCUT2D eigenvalue weighted by molar-refractivity contribution is 0.585. The number of aryl methyl sites for hydroxylation is 1. The highest BCUT2D eigenvalue weighted by molar-refractivity contribution is 5.23. The van der Waals surface area contributed by atoms with Gasteiger partial charge >= 0.3 is 0 Å². The average Bonchev–Trinajstić information content (AvgIpc) is 2.36. The quantitative estimate of drug-likeness (QED) is 0.551. The molecule has 1 heterocycles. The van der Waals surface area contributed by atoms with Crippen molar-refractivity contribution in [1.82, 2.24) is 15.0 Å². The largest absolute Gasteiger partial charge is 0.251 e.